The van der Waals surface area contributed by atoms with Gasteiger partial charge in [-0.15, -0.1) is 0 Å². The molecule has 2 fully saturated rings. The van der Waals surface area contributed by atoms with Gasteiger partial charge in [-0.1, -0.05) is 11.6 Å². The number of rotatable bonds is 0. The summed E-state index contributed by atoms with van der Waals surface area (Å²) in [6, 6.07) is 0. The van der Waals surface area contributed by atoms with E-state index in [4.69, 9.17) is 0 Å². The maximum Gasteiger partial charge on any atom is 0.0687 e. The van der Waals surface area contributed by atoms with Crippen molar-refractivity contribution in [2.75, 3.05) is 0 Å². The molecule has 0 amide bonds. The molecule has 1 heteroatoms. The number of fused-ring (bicyclic) bond motifs is 6. The summed E-state index contributed by atoms with van der Waals surface area (Å²) >= 11 is 0. The molecule has 3 aliphatic rings. The molecule has 0 aromatic carbocycles. The molecular formula is C12H18O. The van der Waals surface area contributed by atoms with Gasteiger partial charge in [-0.05, 0) is 56.8 Å². The number of aliphatic hydroxyl groups is 1. The van der Waals surface area contributed by atoms with E-state index in [1.54, 1.807) is 5.57 Å². The Kier molecular flexibility index (Phi) is 1.36. The predicted octanol–water partition coefficient (Wildman–Crippen LogP) is 2.36. The van der Waals surface area contributed by atoms with Crippen molar-refractivity contribution < 1.29 is 5.11 Å². The third-order valence-electron chi connectivity index (χ3n) is 4.88. The van der Waals surface area contributed by atoms with Crippen LogP contribution >= 0.6 is 0 Å². The van der Waals surface area contributed by atoms with Gasteiger partial charge in [-0.3, -0.25) is 0 Å². The van der Waals surface area contributed by atoms with Gasteiger partial charge >= 0.3 is 0 Å². The second-order valence-electron chi connectivity index (χ2n) is 5.43. The monoisotopic (exact) mass is 178 g/mol. The van der Waals surface area contributed by atoms with Gasteiger partial charge in [-0.25, -0.2) is 0 Å². The Balaban J connectivity index is 2.07. The Labute approximate surface area is 79.8 Å². The molecule has 3 aliphatic carbocycles. The van der Waals surface area contributed by atoms with Crippen molar-refractivity contribution in [2.24, 2.45) is 23.7 Å². The van der Waals surface area contributed by atoms with Gasteiger partial charge in [0.25, 0.3) is 0 Å². The van der Waals surface area contributed by atoms with Crippen molar-refractivity contribution in [2.45, 2.75) is 38.7 Å². The molecule has 13 heavy (non-hydrogen) atoms. The number of hydrogen-bond acceptors (Lipinski definition) is 1. The fourth-order valence-corrected chi connectivity index (χ4v) is 4.24. The average molecular weight is 178 g/mol. The molecule has 72 valence electrons. The maximum atomic E-state index is 10.4. The lowest BCUT2D eigenvalue weighted by Crippen LogP contribution is -2.45. The molecule has 0 aromatic rings. The van der Waals surface area contributed by atoms with Crippen molar-refractivity contribution in [3.63, 3.8) is 0 Å². The second-order valence-corrected chi connectivity index (χ2v) is 5.43. The maximum absolute atomic E-state index is 10.4. The highest BCUT2D eigenvalue weighted by molar-refractivity contribution is 5.24. The van der Waals surface area contributed by atoms with Gasteiger partial charge in [0.1, 0.15) is 0 Å². The molecule has 2 saturated carbocycles. The SMILES string of the molecule is CC1=CC2CC1C1CCC2C1(C)O. The van der Waals surface area contributed by atoms with Crippen molar-refractivity contribution in [1.82, 2.24) is 0 Å². The molecule has 4 bridgehead atoms. The predicted molar refractivity (Wildman–Crippen MR) is 52.2 cm³/mol. The first-order valence-corrected chi connectivity index (χ1v) is 5.51. The third kappa shape index (κ3) is 0.817. The molecule has 0 saturated heterocycles. The zero-order valence-electron chi connectivity index (χ0n) is 8.46. The van der Waals surface area contributed by atoms with Crippen LogP contribution < -0.4 is 0 Å². The summed E-state index contributed by atoms with van der Waals surface area (Å²) in [4.78, 5) is 0. The first-order valence-electron chi connectivity index (χ1n) is 5.51. The van der Waals surface area contributed by atoms with E-state index >= 15 is 0 Å². The van der Waals surface area contributed by atoms with Gasteiger partial charge < -0.3 is 5.11 Å². The van der Waals surface area contributed by atoms with Gasteiger partial charge in [-0.2, -0.15) is 0 Å². The minimum atomic E-state index is -0.359. The molecule has 0 aliphatic heterocycles. The fourth-order valence-electron chi connectivity index (χ4n) is 4.24. The summed E-state index contributed by atoms with van der Waals surface area (Å²) in [5.74, 6) is 2.52. The van der Waals surface area contributed by atoms with Crippen molar-refractivity contribution in [3.8, 4) is 0 Å². The van der Waals surface area contributed by atoms with Gasteiger partial charge in [0, 0.05) is 0 Å². The van der Waals surface area contributed by atoms with E-state index in [1.807, 2.05) is 0 Å². The summed E-state index contributed by atoms with van der Waals surface area (Å²) in [6.07, 6.45) is 6.27. The Hall–Kier alpha value is -0.300. The normalized spacial score (nSPS) is 58.2. The van der Waals surface area contributed by atoms with Crippen LogP contribution in [0, 0.1) is 23.7 Å². The lowest BCUT2D eigenvalue weighted by atomic mass is 9.68. The molecule has 0 aromatic heterocycles. The highest BCUT2D eigenvalue weighted by Gasteiger charge is 2.57. The first kappa shape index (κ1) is 8.05. The lowest BCUT2D eigenvalue weighted by molar-refractivity contribution is -0.0683. The number of hydrogen-bond donors (Lipinski definition) is 1. The average Bonchev–Trinajstić information content (AvgIpc) is 2.41. The van der Waals surface area contributed by atoms with Crippen LogP contribution in [0.15, 0.2) is 11.6 Å². The summed E-state index contributed by atoms with van der Waals surface area (Å²) in [6.45, 7) is 4.32. The van der Waals surface area contributed by atoms with Crippen LogP contribution in [0.25, 0.3) is 0 Å². The van der Waals surface area contributed by atoms with Gasteiger partial charge in [0.05, 0.1) is 5.60 Å². The molecule has 5 unspecified atom stereocenters. The zero-order chi connectivity index (χ0) is 9.22. The molecule has 3 rings (SSSR count). The van der Waals surface area contributed by atoms with E-state index in [0.29, 0.717) is 23.7 Å². The minimum Gasteiger partial charge on any atom is -0.390 e. The van der Waals surface area contributed by atoms with Crippen LogP contribution in [0.2, 0.25) is 0 Å². The molecule has 1 N–H and O–H groups in total. The van der Waals surface area contributed by atoms with Crippen molar-refractivity contribution in [3.05, 3.63) is 11.6 Å². The Morgan fingerprint density at radius 2 is 2.08 bits per heavy atom. The van der Waals surface area contributed by atoms with Crippen molar-refractivity contribution >= 4 is 0 Å². The smallest absolute Gasteiger partial charge is 0.0687 e. The van der Waals surface area contributed by atoms with Crippen LogP contribution in [0.5, 0.6) is 0 Å². The molecule has 0 radical (unpaired) electrons. The standard InChI is InChI=1S/C12H18O/c1-7-5-8-6-9(7)11-4-3-10(8)12(11,2)13/h5,8-11,13H,3-4,6H2,1-2H3. The van der Waals surface area contributed by atoms with Crippen LogP contribution in [0.1, 0.15) is 33.1 Å². The molecular weight excluding hydrogens is 160 g/mol. The molecule has 1 nitrogen and oxygen atoms in total. The number of allylic oxidation sites excluding steroid dienone is 2. The summed E-state index contributed by atoms with van der Waals surface area (Å²) in [5.41, 5.74) is 1.19. The highest BCUT2D eigenvalue weighted by Crippen LogP contribution is 2.59. The summed E-state index contributed by atoms with van der Waals surface area (Å²) in [5, 5.41) is 10.4. The van der Waals surface area contributed by atoms with E-state index in [0.717, 1.165) is 0 Å². The Morgan fingerprint density at radius 1 is 1.38 bits per heavy atom. The van der Waals surface area contributed by atoms with E-state index in [2.05, 4.69) is 19.9 Å². The summed E-state index contributed by atoms with van der Waals surface area (Å²) in [7, 11) is 0. The largest absolute Gasteiger partial charge is 0.390 e. The van der Waals surface area contributed by atoms with Crippen LogP contribution in [0.4, 0.5) is 0 Å². The fraction of sp³-hybridized carbons (Fsp3) is 0.833. The first-order chi connectivity index (χ1) is 6.10. The van der Waals surface area contributed by atoms with Crippen molar-refractivity contribution in [1.29, 1.82) is 0 Å². The third-order valence-corrected chi connectivity index (χ3v) is 4.88. The van der Waals surface area contributed by atoms with E-state index < -0.39 is 0 Å². The molecule has 0 heterocycles. The van der Waals surface area contributed by atoms with Crippen LogP contribution in [-0.2, 0) is 0 Å². The highest BCUT2D eigenvalue weighted by atomic mass is 16.3. The Bertz CT molecular complexity index is 277. The second kappa shape index (κ2) is 2.20. The van der Waals surface area contributed by atoms with E-state index in [9.17, 15) is 5.11 Å². The quantitative estimate of drug-likeness (QED) is 0.565. The topological polar surface area (TPSA) is 20.2 Å². The Morgan fingerprint density at radius 3 is 2.85 bits per heavy atom. The molecule has 0 spiro atoms. The minimum absolute atomic E-state index is 0.359. The van der Waals surface area contributed by atoms with Gasteiger partial charge in [0.2, 0.25) is 0 Å². The van der Waals surface area contributed by atoms with E-state index in [1.165, 1.54) is 19.3 Å². The van der Waals surface area contributed by atoms with Gasteiger partial charge in [0.15, 0.2) is 0 Å². The van der Waals surface area contributed by atoms with Crippen LogP contribution in [-0.4, -0.2) is 10.7 Å². The summed E-state index contributed by atoms with van der Waals surface area (Å²) < 4.78 is 0. The lowest BCUT2D eigenvalue weighted by Gasteiger charge is -2.41. The van der Waals surface area contributed by atoms with E-state index in [-0.39, 0.29) is 5.60 Å². The zero-order valence-corrected chi connectivity index (χ0v) is 8.46. The van der Waals surface area contributed by atoms with Crippen LogP contribution in [0.3, 0.4) is 0 Å². The molecule has 5 atom stereocenters.